The van der Waals surface area contributed by atoms with Crippen molar-refractivity contribution in [3.05, 3.63) is 16.3 Å². The Hall–Kier alpha value is -1.63. The van der Waals surface area contributed by atoms with Crippen molar-refractivity contribution in [2.24, 2.45) is 7.05 Å². The summed E-state index contributed by atoms with van der Waals surface area (Å²) in [5, 5.41) is 21.0. The van der Waals surface area contributed by atoms with Crippen LogP contribution in [0.3, 0.4) is 0 Å². The maximum Gasteiger partial charge on any atom is 0.330 e. The summed E-state index contributed by atoms with van der Waals surface area (Å²) in [4.78, 5) is 10.3. The molecule has 2 N–H and O–H groups in total. The fourth-order valence-corrected chi connectivity index (χ4v) is 1.68. The lowest BCUT2D eigenvalue weighted by atomic mass is 10.2. The fraction of sp³-hybridized carbons (Fsp3) is 0.625. The number of aromatic nitrogens is 2. The van der Waals surface area contributed by atoms with Gasteiger partial charge in [0, 0.05) is 19.6 Å². The Morgan fingerprint density at radius 1 is 1.80 bits per heavy atom. The van der Waals surface area contributed by atoms with Crippen LogP contribution >= 0.6 is 0 Å². The molecular formula is C8H13N5O2. The first-order valence-corrected chi connectivity index (χ1v) is 4.82. The van der Waals surface area contributed by atoms with Gasteiger partial charge in [0.05, 0.1) is 4.92 Å². The van der Waals surface area contributed by atoms with E-state index >= 15 is 0 Å². The van der Waals surface area contributed by atoms with Gasteiger partial charge in [-0.2, -0.15) is 0 Å². The van der Waals surface area contributed by atoms with E-state index in [4.69, 9.17) is 0 Å². The molecule has 1 aliphatic heterocycles. The van der Waals surface area contributed by atoms with Crippen molar-refractivity contribution in [2.45, 2.75) is 12.5 Å². The van der Waals surface area contributed by atoms with Crippen molar-refractivity contribution in [3.8, 4) is 0 Å². The van der Waals surface area contributed by atoms with Crippen LogP contribution in [0.4, 0.5) is 11.5 Å². The third kappa shape index (κ3) is 2.07. The molecule has 0 aliphatic carbocycles. The lowest BCUT2D eigenvalue weighted by Gasteiger charge is -2.08. The monoisotopic (exact) mass is 211 g/mol. The van der Waals surface area contributed by atoms with Crippen LogP contribution in [0.15, 0.2) is 6.20 Å². The average molecular weight is 211 g/mol. The summed E-state index contributed by atoms with van der Waals surface area (Å²) in [5.74, 6) is 0.358. The summed E-state index contributed by atoms with van der Waals surface area (Å²) in [6, 6.07) is 0.235. The lowest BCUT2D eigenvalue weighted by Crippen LogP contribution is -2.22. The largest absolute Gasteiger partial charge is 0.359 e. The molecule has 82 valence electrons. The highest BCUT2D eigenvalue weighted by atomic mass is 16.6. The number of hydrogen-bond donors (Lipinski definition) is 2. The Morgan fingerprint density at radius 2 is 2.60 bits per heavy atom. The second-order valence-corrected chi connectivity index (χ2v) is 3.63. The highest BCUT2D eigenvalue weighted by molar-refractivity contribution is 5.55. The van der Waals surface area contributed by atoms with Gasteiger partial charge in [0.25, 0.3) is 0 Å². The molecule has 1 aromatic rings. The molecule has 15 heavy (non-hydrogen) atoms. The Labute approximate surface area is 86.6 Å². The van der Waals surface area contributed by atoms with Crippen LogP contribution in [0.2, 0.25) is 0 Å². The number of nitro groups is 1. The molecule has 1 aromatic heterocycles. The molecule has 1 unspecified atom stereocenters. The molecule has 7 heteroatoms. The fourth-order valence-electron chi connectivity index (χ4n) is 1.68. The predicted octanol–water partition coefficient (Wildman–Crippen LogP) is 0.102. The number of anilines is 1. The Kier molecular flexibility index (Phi) is 2.55. The smallest absolute Gasteiger partial charge is 0.330 e. The quantitative estimate of drug-likeness (QED) is 0.547. The molecule has 1 fully saturated rings. The SMILES string of the molecule is Cn1cc([N+](=O)[O-])c(NC2CCNC2)n1. The summed E-state index contributed by atoms with van der Waals surface area (Å²) >= 11 is 0. The van der Waals surface area contributed by atoms with E-state index in [1.807, 2.05) is 0 Å². The zero-order valence-corrected chi connectivity index (χ0v) is 8.43. The summed E-state index contributed by atoms with van der Waals surface area (Å²) in [6.07, 6.45) is 2.37. The van der Waals surface area contributed by atoms with Gasteiger partial charge in [-0.15, -0.1) is 5.10 Å². The molecule has 1 saturated heterocycles. The summed E-state index contributed by atoms with van der Waals surface area (Å²) in [5.41, 5.74) is 0.0319. The van der Waals surface area contributed by atoms with Crippen LogP contribution in [-0.4, -0.2) is 33.8 Å². The minimum atomic E-state index is -0.419. The molecule has 0 radical (unpaired) electrons. The third-order valence-electron chi connectivity index (χ3n) is 2.41. The topological polar surface area (TPSA) is 85.0 Å². The zero-order chi connectivity index (χ0) is 10.8. The van der Waals surface area contributed by atoms with Crippen molar-refractivity contribution in [1.29, 1.82) is 0 Å². The van der Waals surface area contributed by atoms with Crippen molar-refractivity contribution in [3.63, 3.8) is 0 Å². The maximum absolute atomic E-state index is 10.7. The standard InChI is InChI=1S/C8H13N5O2/c1-12-5-7(13(14)15)8(11-12)10-6-2-3-9-4-6/h5-6,9H,2-4H2,1H3,(H,10,11). The van der Waals surface area contributed by atoms with E-state index < -0.39 is 4.92 Å². The van der Waals surface area contributed by atoms with E-state index in [9.17, 15) is 10.1 Å². The van der Waals surface area contributed by atoms with Crippen LogP contribution in [-0.2, 0) is 7.05 Å². The molecule has 7 nitrogen and oxygen atoms in total. The highest BCUT2D eigenvalue weighted by Gasteiger charge is 2.22. The van der Waals surface area contributed by atoms with Gasteiger partial charge >= 0.3 is 5.69 Å². The second-order valence-electron chi connectivity index (χ2n) is 3.63. The molecule has 0 spiro atoms. The Balaban J connectivity index is 2.15. The van der Waals surface area contributed by atoms with E-state index in [-0.39, 0.29) is 11.7 Å². The van der Waals surface area contributed by atoms with Gasteiger partial charge in [0.1, 0.15) is 6.20 Å². The number of nitrogens with one attached hydrogen (secondary N) is 2. The van der Waals surface area contributed by atoms with E-state index in [2.05, 4.69) is 15.7 Å². The number of nitrogens with zero attached hydrogens (tertiary/aromatic N) is 3. The van der Waals surface area contributed by atoms with E-state index in [1.165, 1.54) is 10.9 Å². The number of hydrogen-bond acceptors (Lipinski definition) is 5. The maximum atomic E-state index is 10.7. The first-order chi connectivity index (χ1) is 7.16. The van der Waals surface area contributed by atoms with Gasteiger partial charge in [-0.05, 0) is 13.0 Å². The third-order valence-corrected chi connectivity index (χ3v) is 2.41. The van der Waals surface area contributed by atoms with Crippen molar-refractivity contribution in [1.82, 2.24) is 15.1 Å². The highest BCUT2D eigenvalue weighted by Crippen LogP contribution is 2.22. The Morgan fingerprint density at radius 3 is 3.20 bits per heavy atom. The molecule has 0 bridgehead atoms. The Bertz CT molecular complexity index is 369. The summed E-state index contributed by atoms with van der Waals surface area (Å²) in [7, 11) is 1.67. The first kappa shape index (κ1) is 9.91. The van der Waals surface area contributed by atoms with Gasteiger partial charge in [-0.3, -0.25) is 14.8 Å². The van der Waals surface area contributed by atoms with Gasteiger partial charge < -0.3 is 10.6 Å². The van der Waals surface area contributed by atoms with E-state index in [1.54, 1.807) is 7.05 Å². The van der Waals surface area contributed by atoms with Crippen molar-refractivity contribution in [2.75, 3.05) is 18.4 Å². The molecular weight excluding hydrogens is 198 g/mol. The van der Waals surface area contributed by atoms with Gasteiger partial charge in [0.2, 0.25) is 5.82 Å². The molecule has 1 atom stereocenters. The molecule has 0 amide bonds. The predicted molar refractivity (Wildman–Crippen MR) is 54.8 cm³/mol. The summed E-state index contributed by atoms with van der Waals surface area (Å²) in [6.45, 7) is 1.77. The normalized spacial score (nSPS) is 20.5. The second kappa shape index (κ2) is 3.85. The van der Waals surface area contributed by atoms with Crippen LogP contribution in [0, 0.1) is 10.1 Å². The number of aryl methyl sites for hydroxylation is 1. The van der Waals surface area contributed by atoms with Crippen LogP contribution in [0.1, 0.15) is 6.42 Å². The van der Waals surface area contributed by atoms with E-state index in [0.29, 0.717) is 5.82 Å². The summed E-state index contributed by atoms with van der Waals surface area (Å²) < 4.78 is 1.45. The minimum Gasteiger partial charge on any atom is -0.359 e. The van der Waals surface area contributed by atoms with Crippen molar-refractivity contribution >= 4 is 11.5 Å². The van der Waals surface area contributed by atoms with Gasteiger partial charge in [0.15, 0.2) is 0 Å². The number of rotatable bonds is 3. The van der Waals surface area contributed by atoms with Gasteiger partial charge in [-0.1, -0.05) is 0 Å². The van der Waals surface area contributed by atoms with Crippen LogP contribution in [0.5, 0.6) is 0 Å². The molecule has 2 heterocycles. The van der Waals surface area contributed by atoms with Crippen LogP contribution in [0.25, 0.3) is 0 Å². The molecule has 0 saturated carbocycles. The van der Waals surface area contributed by atoms with Gasteiger partial charge in [-0.25, -0.2) is 0 Å². The molecule has 2 rings (SSSR count). The minimum absolute atomic E-state index is 0.0319. The van der Waals surface area contributed by atoms with Crippen LogP contribution < -0.4 is 10.6 Å². The van der Waals surface area contributed by atoms with E-state index in [0.717, 1.165) is 19.5 Å². The molecule has 0 aromatic carbocycles. The zero-order valence-electron chi connectivity index (χ0n) is 8.43. The molecule has 1 aliphatic rings. The first-order valence-electron chi connectivity index (χ1n) is 4.82. The van der Waals surface area contributed by atoms with Crippen molar-refractivity contribution < 1.29 is 4.92 Å². The lowest BCUT2D eigenvalue weighted by molar-refractivity contribution is -0.384. The average Bonchev–Trinajstić information content (AvgIpc) is 2.75.